The standard InChI is InChI=1S/C17H12ClF3N2O3/c18-13-7-11(17(19,20)21)9-22-16(13)23-5-3-10-1-2-12(8-14(10)23)26-6-4-15(24)25/h1-3,5,7-9H,4,6H2,(H,24,25). The molecule has 0 atom stereocenters. The van der Waals surface area contributed by atoms with E-state index in [4.69, 9.17) is 21.4 Å². The molecule has 0 amide bonds. The third-order valence-electron chi connectivity index (χ3n) is 3.63. The number of hydrogen-bond acceptors (Lipinski definition) is 3. The predicted octanol–water partition coefficient (Wildman–Crippen LogP) is 4.55. The lowest BCUT2D eigenvalue weighted by Gasteiger charge is -2.11. The lowest BCUT2D eigenvalue weighted by molar-refractivity contribution is -0.138. The highest BCUT2D eigenvalue weighted by Crippen LogP contribution is 2.33. The molecule has 0 unspecified atom stereocenters. The zero-order valence-electron chi connectivity index (χ0n) is 13.1. The molecular formula is C17H12ClF3N2O3. The summed E-state index contributed by atoms with van der Waals surface area (Å²) in [6, 6.07) is 7.65. The van der Waals surface area contributed by atoms with Gasteiger partial charge in [-0.1, -0.05) is 11.6 Å². The minimum atomic E-state index is -4.53. The monoisotopic (exact) mass is 384 g/mol. The number of alkyl halides is 3. The summed E-state index contributed by atoms with van der Waals surface area (Å²) >= 11 is 6.01. The van der Waals surface area contributed by atoms with Crippen LogP contribution in [0.2, 0.25) is 5.02 Å². The second kappa shape index (κ2) is 6.87. The van der Waals surface area contributed by atoms with Gasteiger partial charge in [0.15, 0.2) is 5.82 Å². The second-order valence-electron chi connectivity index (χ2n) is 5.43. The van der Waals surface area contributed by atoms with Crippen molar-refractivity contribution in [3.8, 4) is 11.6 Å². The molecule has 2 aromatic heterocycles. The number of pyridine rings is 1. The molecule has 26 heavy (non-hydrogen) atoms. The number of benzene rings is 1. The van der Waals surface area contributed by atoms with Crippen molar-refractivity contribution in [1.82, 2.24) is 9.55 Å². The highest BCUT2D eigenvalue weighted by Gasteiger charge is 2.31. The Labute approximate surface area is 150 Å². The van der Waals surface area contributed by atoms with Gasteiger partial charge in [0.05, 0.1) is 29.1 Å². The normalized spacial score (nSPS) is 11.7. The van der Waals surface area contributed by atoms with Gasteiger partial charge in [-0.15, -0.1) is 0 Å². The molecule has 9 heteroatoms. The highest BCUT2D eigenvalue weighted by atomic mass is 35.5. The van der Waals surface area contributed by atoms with Crippen LogP contribution in [0.25, 0.3) is 16.7 Å². The summed E-state index contributed by atoms with van der Waals surface area (Å²) in [6.07, 6.45) is -2.32. The average Bonchev–Trinajstić information content (AvgIpc) is 2.96. The van der Waals surface area contributed by atoms with Crippen LogP contribution in [-0.2, 0) is 11.0 Å². The summed E-state index contributed by atoms with van der Waals surface area (Å²) in [5.74, 6) is -0.394. The fourth-order valence-electron chi connectivity index (χ4n) is 2.40. The van der Waals surface area contributed by atoms with Crippen molar-refractivity contribution in [2.24, 2.45) is 0 Å². The molecule has 2 heterocycles. The molecule has 0 fully saturated rings. The quantitative estimate of drug-likeness (QED) is 0.701. The van der Waals surface area contributed by atoms with Gasteiger partial charge in [0.2, 0.25) is 0 Å². The van der Waals surface area contributed by atoms with E-state index in [1.807, 2.05) is 0 Å². The Hall–Kier alpha value is -2.74. The van der Waals surface area contributed by atoms with E-state index in [0.717, 1.165) is 17.6 Å². The zero-order chi connectivity index (χ0) is 18.9. The topological polar surface area (TPSA) is 64.3 Å². The summed E-state index contributed by atoms with van der Waals surface area (Å²) < 4.78 is 45.2. The van der Waals surface area contributed by atoms with E-state index in [1.165, 1.54) is 0 Å². The number of carbonyl (C=O) groups is 1. The molecule has 3 rings (SSSR count). The van der Waals surface area contributed by atoms with Gasteiger partial charge in [-0.2, -0.15) is 13.2 Å². The van der Waals surface area contributed by atoms with Gasteiger partial charge < -0.3 is 9.84 Å². The Morgan fingerprint density at radius 1 is 1.27 bits per heavy atom. The van der Waals surface area contributed by atoms with Crippen LogP contribution in [0.1, 0.15) is 12.0 Å². The Kier molecular flexibility index (Phi) is 4.78. The summed E-state index contributed by atoms with van der Waals surface area (Å²) in [5.41, 5.74) is -0.313. The first-order valence-electron chi connectivity index (χ1n) is 7.44. The van der Waals surface area contributed by atoms with Crippen LogP contribution in [0.15, 0.2) is 42.7 Å². The number of ether oxygens (including phenoxy) is 1. The maximum absolute atomic E-state index is 12.8. The minimum Gasteiger partial charge on any atom is -0.493 e. The van der Waals surface area contributed by atoms with Crippen LogP contribution in [0.4, 0.5) is 13.2 Å². The fraction of sp³-hybridized carbons (Fsp3) is 0.176. The lowest BCUT2D eigenvalue weighted by Crippen LogP contribution is -2.07. The minimum absolute atomic E-state index is 0.000828. The van der Waals surface area contributed by atoms with Gasteiger partial charge in [-0.3, -0.25) is 9.36 Å². The van der Waals surface area contributed by atoms with E-state index in [9.17, 15) is 18.0 Å². The third-order valence-corrected chi connectivity index (χ3v) is 3.90. The number of nitrogens with zero attached hydrogens (tertiary/aromatic N) is 2. The molecule has 0 saturated heterocycles. The highest BCUT2D eigenvalue weighted by molar-refractivity contribution is 6.32. The number of aliphatic carboxylic acids is 1. The Bertz CT molecular complexity index is 970. The van der Waals surface area contributed by atoms with Crippen molar-refractivity contribution in [2.75, 3.05) is 6.61 Å². The van der Waals surface area contributed by atoms with Gasteiger partial charge in [-0.05, 0) is 24.3 Å². The first-order chi connectivity index (χ1) is 12.3. The van der Waals surface area contributed by atoms with E-state index in [-0.39, 0.29) is 23.9 Å². The molecule has 0 spiro atoms. The molecule has 0 bridgehead atoms. The van der Waals surface area contributed by atoms with Gasteiger partial charge in [-0.25, -0.2) is 4.98 Å². The number of halogens is 4. The summed E-state index contributed by atoms with van der Waals surface area (Å²) in [6.45, 7) is 0.000828. The van der Waals surface area contributed by atoms with Crippen molar-refractivity contribution in [3.05, 3.63) is 53.3 Å². The van der Waals surface area contributed by atoms with Crippen LogP contribution in [-0.4, -0.2) is 27.2 Å². The van der Waals surface area contributed by atoms with Gasteiger partial charge in [0, 0.05) is 23.8 Å². The van der Waals surface area contributed by atoms with Crippen LogP contribution in [0, 0.1) is 0 Å². The predicted molar refractivity (Wildman–Crippen MR) is 88.8 cm³/mol. The molecule has 0 aliphatic carbocycles. The number of hydrogen-bond donors (Lipinski definition) is 1. The van der Waals surface area contributed by atoms with E-state index < -0.39 is 17.7 Å². The lowest BCUT2D eigenvalue weighted by atomic mass is 10.2. The summed E-state index contributed by atoms with van der Waals surface area (Å²) in [4.78, 5) is 14.4. The number of fused-ring (bicyclic) bond motifs is 1. The van der Waals surface area contributed by atoms with E-state index >= 15 is 0 Å². The smallest absolute Gasteiger partial charge is 0.417 e. The van der Waals surface area contributed by atoms with Crippen LogP contribution >= 0.6 is 11.6 Å². The zero-order valence-corrected chi connectivity index (χ0v) is 13.9. The first kappa shape index (κ1) is 18.1. The maximum Gasteiger partial charge on any atom is 0.417 e. The number of carboxylic acid groups (broad SMARTS) is 1. The molecule has 5 nitrogen and oxygen atoms in total. The summed E-state index contributed by atoms with van der Waals surface area (Å²) in [7, 11) is 0. The molecular weight excluding hydrogens is 373 g/mol. The molecule has 3 aromatic rings. The van der Waals surface area contributed by atoms with Crippen molar-refractivity contribution in [3.63, 3.8) is 0 Å². The molecule has 1 aromatic carbocycles. The van der Waals surface area contributed by atoms with Crippen LogP contribution in [0.3, 0.4) is 0 Å². The number of aromatic nitrogens is 2. The Morgan fingerprint density at radius 2 is 2.04 bits per heavy atom. The van der Waals surface area contributed by atoms with Crippen molar-refractivity contribution in [1.29, 1.82) is 0 Å². The molecule has 1 N–H and O–H groups in total. The van der Waals surface area contributed by atoms with Gasteiger partial charge in [0.1, 0.15) is 5.75 Å². The average molecular weight is 385 g/mol. The van der Waals surface area contributed by atoms with Crippen molar-refractivity contribution >= 4 is 28.5 Å². The fourth-order valence-corrected chi connectivity index (χ4v) is 2.66. The largest absolute Gasteiger partial charge is 0.493 e. The van der Waals surface area contributed by atoms with Crippen molar-refractivity contribution in [2.45, 2.75) is 12.6 Å². The molecule has 136 valence electrons. The Morgan fingerprint density at radius 3 is 2.69 bits per heavy atom. The van der Waals surface area contributed by atoms with E-state index in [2.05, 4.69) is 4.98 Å². The SMILES string of the molecule is O=C(O)CCOc1ccc2ccn(-c3ncc(C(F)(F)F)cc3Cl)c2c1. The Balaban J connectivity index is 1.96. The van der Waals surface area contributed by atoms with Crippen molar-refractivity contribution < 1.29 is 27.8 Å². The van der Waals surface area contributed by atoms with E-state index in [0.29, 0.717) is 11.3 Å². The maximum atomic E-state index is 12.8. The molecule has 0 radical (unpaired) electrons. The first-order valence-corrected chi connectivity index (χ1v) is 7.82. The van der Waals surface area contributed by atoms with Gasteiger partial charge in [0.25, 0.3) is 0 Å². The van der Waals surface area contributed by atoms with E-state index in [1.54, 1.807) is 35.0 Å². The number of carboxylic acids is 1. The number of rotatable bonds is 5. The van der Waals surface area contributed by atoms with Crippen LogP contribution < -0.4 is 4.74 Å². The van der Waals surface area contributed by atoms with Gasteiger partial charge >= 0.3 is 12.1 Å². The molecule has 0 aliphatic rings. The van der Waals surface area contributed by atoms with Crippen LogP contribution in [0.5, 0.6) is 5.75 Å². The molecule has 0 aliphatic heterocycles. The molecule has 0 saturated carbocycles. The third kappa shape index (κ3) is 3.75. The summed E-state index contributed by atoms with van der Waals surface area (Å²) in [5, 5.41) is 9.30. The second-order valence-corrected chi connectivity index (χ2v) is 5.83.